The minimum absolute atomic E-state index is 0.216. The Morgan fingerprint density at radius 2 is 1.96 bits per heavy atom. The van der Waals surface area contributed by atoms with E-state index in [0.717, 1.165) is 16.9 Å². The van der Waals surface area contributed by atoms with Crippen LogP contribution in [0.15, 0.2) is 61.2 Å². The number of carbonyl (C=O) groups is 1. The topological polar surface area (TPSA) is 90.3 Å². The molecule has 1 atom stereocenters. The lowest BCUT2D eigenvalue weighted by Crippen LogP contribution is -2.44. The Bertz CT molecular complexity index is 929. The number of amides is 2. The third kappa shape index (κ3) is 4.59. The molecule has 0 radical (unpaired) electrons. The second-order valence-electron chi connectivity index (χ2n) is 6.47. The average molecular weight is 379 g/mol. The molecule has 8 nitrogen and oxygen atoms in total. The van der Waals surface area contributed by atoms with Crippen LogP contribution in [-0.4, -0.2) is 40.1 Å². The van der Waals surface area contributed by atoms with Crippen molar-refractivity contribution in [1.29, 1.82) is 0 Å². The van der Waals surface area contributed by atoms with E-state index in [-0.39, 0.29) is 12.1 Å². The van der Waals surface area contributed by atoms with Crippen molar-refractivity contribution in [3.63, 3.8) is 0 Å². The molecule has 0 fully saturated rings. The largest absolute Gasteiger partial charge is 0.486 e. The van der Waals surface area contributed by atoms with Gasteiger partial charge in [-0.3, -0.25) is 0 Å². The van der Waals surface area contributed by atoms with Crippen molar-refractivity contribution in [2.24, 2.45) is 0 Å². The first-order valence-electron chi connectivity index (χ1n) is 9.07. The van der Waals surface area contributed by atoms with Gasteiger partial charge in [0.05, 0.1) is 13.1 Å². The molecule has 1 aliphatic heterocycles. The molecular formula is C20H21N5O3. The molecule has 2 heterocycles. The standard InChI is InChI=1S/C20H21N5O3/c26-20(23-10-17-12-27-18-6-1-2-7-19(18)28-17)22-9-15-4-3-5-16(8-15)11-25-14-21-13-24-25/h1-8,13-14,17H,9-12H2,(H2,22,23,26). The molecule has 3 aromatic rings. The van der Waals surface area contributed by atoms with E-state index in [1.54, 1.807) is 11.0 Å². The fourth-order valence-corrected chi connectivity index (χ4v) is 2.95. The summed E-state index contributed by atoms with van der Waals surface area (Å²) < 4.78 is 13.2. The van der Waals surface area contributed by atoms with E-state index in [1.165, 1.54) is 6.33 Å². The molecule has 4 rings (SSSR count). The maximum atomic E-state index is 12.1. The Morgan fingerprint density at radius 3 is 2.82 bits per heavy atom. The van der Waals surface area contributed by atoms with Gasteiger partial charge in [-0.1, -0.05) is 36.4 Å². The molecule has 8 heteroatoms. The molecule has 28 heavy (non-hydrogen) atoms. The number of rotatable bonds is 6. The summed E-state index contributed by atoms with van der Waals surface area (Å²) in [5, 5.41) is 9.79. The van der Waals surface area contributed by atoms with E-state index < -0.39 is 0 Å². The molecule has 0 bridgehead atoms. The van der Waals surface area contributed by atoms with Crippen LogP contribution in [0.5, 0.6) is 11.5 Å². The van der Waals surface area contributed by atoms with Crippen molar-refractivity contribution >= 4 is 6.03 Å². The number of para-hydroxylation sites is 2. The Balaban J connectivity index is 1.23. The number of hydrogen-bond donors (Lipinski definition) is 2. The lowest BCUT2D eigenvalue weighted by molar-refractivity contribution is 0.0918. The summed E-state index contributed by atoms with van der Waals surface area (Å²) in [7, 11) is 0. The molecule has 1 unspecified atom stereocenters. The highest BCUT2D eigenvalue weighted by molar-refractivity contribution is 5.73. The van der Waals surface area contributed by atoms with Gasteiger partial charge in [0.1, 0.15) is 19.3 Å². The van der Waals surface area contributed by atoms with Crippen molar-refractivity contribution in [3.05, 3.63) is 72.3 Å². The Labute approximate surface area is 162 Å². The Morgan fingerprint density at radius 1 is 1.11 bits per heavy atom. The van der Waals surface area contributed by atoms with Crippen LogP contribution in [-0.2, 0) is 13.1 Å². The maximum Gasteiger partial charge on any atom is 0.315 e. The van der Waals surface area contributed by atoms with Gasteiger partial charge in [-0.2, -0.15) is 5.10 Å². The van der Waals surface area contributed by atoms with E-state index in [1.807, 2.05) is 48.5 Å². The molecule has 1 aromatic heterocycles. The van der Waals surface area contributed by atoms with Crippen molar-refractivity contribution in [3.8, 4) is 11.5 Å². The Hall–Kier alpha value is -3.55. The first-order valence-corrected chi connectivity index (χ1v) is 9.07. The highest BCUT2D eigenvalue weighted by atomic mass is 16.6. The van der Waals surface area contributed by atoms with Crippen LogP contribution >= 0.6 is 0 Å². The van der Waals surface area contributed by atoms with Crippen LogP contribution < -0.4 is 20.1 Å². The smallest absolute Gasteiger partial charge is 0.315 e. The van der Waals surface area contributed by atoms with Crippen molar-refractivity contribution in [2.75, 3.05) is 13.2 Å². The fraction of sp³-hybridized carbons (Fsp3) is 0.250. The predicted molar refractivity (Wildman–Crippen MR) is 102 cm³/mol. The lowest BCUT2D eigenvalue weighted by atomic mass is 10.1. The number of fused-ring (bicyclic) bond motifs is 1. The van der Waals surface area contributed by atoms with Gasteiger partial charge in [0, 0.05) is 6.54 Å². The molecule has 0 aliphatic carbocycles. The van der Waals surface area contributed by atoms with Gasteiger partial charge in [0.2, 0.25) is 0 Å². The van der Waals surface area contributed by atoms with Crippen LogP contribution in [0, 0.1) is 0 Å². The van der Waals surface area contributed by atoms with E-state index in [2.05, 4.69) is 20.7 Å². The first kappa shape index (κ1) is 17.8. The third-order valence-corrected chi connectivity index (χ3v) is 4.31. The fourth-order valence-electron chi connectivity index (χ4n) is 2.95. The summed E-state index contributed by atoms with van der Waals surface area (Å²) in [4.78, 5) is 16.0. The van der Waals surface area contributed by atoms with Crippen LogP contribution in [0.3, 0.4) is 0 Å². The average Bonchev–Trinajstić information content (AvgIpc) is 3.24. The number of carbonyl (C=O) groups excluding carboxylic acids is 1. The number of hydrogen-bond acceptors (Lipinski definition) is 5. The van der Waals surface area contributed by atoms with Gasteiger partial charge in [-0.15, -0.1) is 0 Å². The summed E-state index contributed by atoms with van der Waals surface area (Å²) in [6, 6.07) is 15.3. The zero-order valence-electron chi connectivity index (χ0n) is 15.2. The zero-order chi connectivity index (χ0) is 19.2. The number of ether oxygens (including phenoxy) is 2. The number of nitrogens with zero attached hydrogens (tertiary/aromatic N) is 3. The second kappa shape index (κ2) is 8.43. The van der Waals surface area contributed by atoms with Crippen molar-refractivity contribution in [1.82, 2.24) is 25.4 Å². The summed E-state index contributed by atoms with van der Waals surface area (Å²) in [6.45, 7) is 1.84. The second-order valence-corrected chi connectivity index (χ2v) is 6.47. The molecule has 2 amide bonds. The summed E-state index contributed by atoms with van der Waals surface area (Å²) in [5.41, 5.74) is 2.11. The molecular weight excluding hydrogens is 358 g/mol. The van der Waals surface area contributed by atoms with Gasteiger partial charge in [-0.25, -0.2) is 14.5 Å². The number of aromatic nitrogens is 3. The normalized spacial score (nSPS) is 15.1. The maximum absolute atomic E-state index is 12.1. The summed E-state index contributed by atoms with van der Waals surface area (Å²) in [5.74, 6) is 1.43. The number of benzene rings is 2. The van der Waals surface area contributed by atoms with E-state index in [9.17, 15) is 4.79 Å². The van der Waals surface area contributed by atoms with Gasteiger partial charge in [-0.05, 0) is 23.3 Å². The minimum Gasteiger partial charge on any atom is -0.486 e. The summed E-state index contributed by atoms with van der Waals surface area (Å²) >= 11 is 0. The van der Waals surface area contributed by atoms with Crippen LogP contribution in [0.2, 0.25) is 0 Å². The van der Waals surface area contributed by atoms with Crippen LogP contribution in [0.1, 0.15) is 11.1 Å². The van der Waals surface area contributed by atoms with Gasteiger partial charge in [0.15, 0.2) is 17.6 Å². The third-order valence-electron chi connectivity index (χ3n) is 4.31. The lowest BCUT2D eigenvalue weighted by Gasteiger charge is -2.26. The van der Waals surface area contributed by atoms with E-state index in [0.29, 0.717) is 32.0 Å². The van der Waals surface area contributed by atoms with Gasteiger partial charge < -0.3 is 20.1 Å². The van der Waals surface area contributed by atoms with E-state index >= 15 is 0 Å². The minimum atomic E-state index is -0.246. The SMILES string of the molecule is O=C(NCc1cccc(Cn2cncn2)c1)NCC1COc2ccccc2O1. The molecule has 0 saturated carbocycles. The molecule has 2 aromatic carbocycles. The first-order chi connectivity index (χ1) is 13.8. The predicted octanol–water partition coefficient (Wildman–Crippen LogP) is 1.97. The van der Waals surface area contributed by atoms with Gasteiger partial charge >= 0.3 is 6.03 Å². The highest BCUT2D eigenvalue weighted by Crippen LogP contribution is 2.30. The zero-order valence-corrected chi connectivity index (χ0v) is 15.2. The number of nitrogens with one attached hydrogen (secondary N) is 2. The van der Waals surface area contributed by atoms with Gasteiger partial charge in [0.25, 0.3) is 0 Å². The molecule has 2 N–H and O–H groups in total. The van der Waals surface area contributed by atoms with Crippen molar-refractivity contribution in [2.45, 2.75) is 19.2 Å². The summed E-state index contributed by atoms with van der Waals surface area (Å²) in [6.07, 6.45) is 2.97. The molecule has 144 valence electrons. The number of urea groups is 1. The molecule has 0 saturated heterocycles. The van der Waals surface area contributed by atoms with E-state index in [4.69, 9.17) is 9.47 Å². The highest BCUT2D eigenvalue weighted by Gasteiger charge is 2.20. The van der Waals surface area contributed by atoms with Crippen molar-refractivity contribution < 1.29 is 14.3 Å². The Kier molecular flexibility index (Phi) is 5.37. The van der Waals surface area contributed by atoms with Crippen LogP contribution in [0.4, 0.5) is 4.79 Å². The quantitative estimate of drug-likeness (QED) is 0.683. The molecule has 0 spiro atoms. The molecule has 1 aliphatic rings. The monoisotopic (exact) mass is 379 g/mol. The van der Waals surface area contributed by atoms with Crippen LogP contribution in [0.25, 0.3) is 0 Å².